The molecule has 3 heterocycles. The summed E-state index contributed by atoms with van der Waals surface area (Å²) in [6.45, 7) is 29.8. The van der Waals surface area contributed by atoms with Gasteiger partial charge in [0.1, 0.15) is 0 Å². The first-order valence-corrected chi connectivity index (χ1v) is 30.1. The van der Waals surface area contributed by atoms with Crippen LogP contribution in [0.1, 0.15) is 173 Å². The molecule has 2 atom stereocenters. The van der Waals surface area contributed by atoms with Gasteiger partial charge >= 0.3 is 0 Å². The summed E-state index contributed by atoms with van der Waals surface area (Å²) in [5.74, 6) is 0. The highest BCUT2D eigenvalue weighted by atomic mass is 15.3. The predicted octanol–water partition coefficient (Wildman–Crippen LogP) is 18.2. The van der Waals surface area contributed by atoms with Crippen LogP contribution in [-0.2, 0) is 32.5 Å². The van der Waals surface area contributed by atoms with E-state index in [0.717, 1.165) is 0 Å². The smallest absolute Gasteiger partial charge is 0.252 e. The average Bonchev–Trinajstić information content (AvgIpc) is 2.67. The normalized spacial score (nSPS) is 23.1. The molecule has 3 nitrogen and oxygen atoms in total. The van der Waals surface area contributed by atoms with Crippen molar-refractivity contribution in [3.8, 4) is 22.3 Å². The van der Waals surface area contributed by atoms with Gasteiger partial charge in [-0.05, 0) is 205 Å². The maximum atomic E-state index is 2.89. The Bertz CT molecular complexity index is 3830. The molecule has 0 bridgehead atoms. The van der Waals surface area contributed by atoms with Crippen molar-refractivity contribution in [1.82, 2.24) is 0 Å². The average molecular weight is 1030 g/mol. The Morgan fingerprint density at radius 1 is 0.392 bits per heavy atom. The first-order valence-electron chi connectivity index (χ1n) is 30.1. The Labute approximate surface area is 472 Å². The van der Waals surface area contributed by atoms with Gasteiger partial charge in [-0.15, -0.1) is 0 Å². The predicted molar refractivity (Wildman–Crippen MR) is 337 cm³/mol. The van der Waals surface area contributed by atoms with Crippen LogP contribution < -0.4 is 31.1 Å². The van der Waals surface area contributed by atoms with Gasteiger partial charge in [-0.3, -0.25) is 0 Å². The fraction of sp³-hybridized carbons (Fsp3) is 0.360. The Hall–Kier alpha value is -6.78. The van der Waals surface area contributed by atoms with Crippen LogP contribution in [0.5, 0.6) is 0 Å². The van der Waals surface area contributed by atoms with Crippen LogP contribution in [0.4, 0.5) is 45.5 Å². The van der Waals surface area contributed by atoms with Gasteiger partial charge in [0.15, 0.2) is 0 Å². The molecule has 0 saturated heterocycles. The second kappa shape index (κ2) is 16.2. The summed E-state index contributed by atoms with van der Waals surface area (Å²) in [6.07, 6.45) is 9.60. The van der Waals surface area contributed by atoms with Crippen molar-refractivity contribution in [2.24, 2.45) is 0 Å². The summed E-state index contributed by atoms with van der Waals surface area (Å²) in [7, 11) is 0. The Morgan fingerprint density at radius 3 is 1.65 bits per heavy atom. The van der Waals surface area contributed by atoms with Gasteiger partial charge in [0.2, 0.25) is 0 Å². The zero-order valence-electron chi connectivity index (χ0n) is 49.1. The highest BCUT2D eigenvalue weighted by Gasteiger charge is 2.61. The van der Waals surface area contributed by atoms with Gasteiger partial charge in [0.25, 0.3) is 6.71 Å². The summed E-state index contributed by atoms with van der Waals surface area (Å²) in [5, 5.41) is 0. The number of hydrogen-bond acceptors (Lipinski definition) is 3. The van der Waals surface area contributed by atoms with Crippen LogP contribution in [0.2, 0.25) is 0 Å². The zero-order chi connectivity index (χ0) is 54.6. The Morgan fingerprint density at radius 2 is 0.962 bits per heavy atom. The molecule has 0 radical (unpaired) electrons. The van der Waals surface area contributed by atoms with E-state index in [-0.39, 0.29) is 44.7 Å². The molecule has 8 aromatic carbocycles. The molecule has 79 heavy (non-hydrogen) atoms. The van der Waals surface area contributed by atoms with Crippen molar-refractivity contribution in [3.63, 3.8) is 0 Å². The molecule has 15 rings (SSSR count). The molecule has 1 fully saturated rings. The Kier molecular flexibility index (Phi) is 10.1. The van der Waals surface area contributed by atoms with Gasteiger partial charge in [-0.25, -0.2) is 0 Å². The molecule has 3 aliphatic heterocycles. The van der Waals surface area contributed by atoms with Gasteiger partial charge in [0, 0.05) is 56.3 Å². The quantitative estimate of drug-likeness (QED) is 0.159. The van der Waals surface area contributed by atoms with Crippen LogP contribution in [0.3, 0.4) is 0 Å². The molecule has 4 heteroatoms. The standard InChI is InChI=1S/C75H78BN3/c1-69(2)37-39-71(5,6)60-44-49(28-32-56(60)69)77(50-29-33-57-61(45-50)72(7,8)40-38-70(57,3)4)52-30-34-62-64(46-52)78(51-27-31-54-53-23-16-17-24-55(53)73(9,10)59(54)43-51)65-41-48(47-21-14-13-15-22-47)42-66-67(65)76(62)63-26-20-25-58-68(63)79(66)75(12)36-19-18-35-74(58,75)11/h13-17,20-34,41-46H,18-19,35-40H2,1-12H3. The number of nitrogens with zero attached hydrogens (tertiary/aromatic N) is 3. The lowest BCUT2D eigenvalue weighted by atomic mass is 9.33. The summed E-state index contributed by atoms with van der Waals surface area (Å²) in [5.41, 5.74) is 30.1. The van der Waals surface area contributed by atoms with Gasteiger partial charge in [-0.2, -0.15) is 0 Å². The van der Waals surface area contributed by atoms with Gasteiger partial charge in [-0.1, -0.05) is 186 Å². The first kappa shape index (κ1) is 49.3. The van der Waals surface area contributed by atoms with Crippen molar-refractivity contribution in [3.05, 3.63) is 197 Å². The van der Waals surface area contributed by atoms with Crippen LogP contribution in [0, 0.1) is 0 Å². The summed E-state index contributed by atoms with van der Waals surface area (Å²) < 4.78 is 0. The van der Waals surface area contributed by atoms with E-state index in [4.69, 9.17) is 0 Å². The lowest BCUT2D eigenvalue weighted by molar-refractivity contribution is 0.195. The molecule has 396 valence electrons. The van der Waals surface area contributed by atoms with Gasteiger partial charge < -0.3 is 14.7 Å². The van der Waals surface area contributed by atoms with E-state index >= 15 is 0 Å². The molecule has 1 saturated carbocycles. The van der Waals surface area contributed by atoms with Crippen molar-refractivity contribution in [2.75, 3.05) is 14.7 Å². The third-order valence-corrected chi connectivity index (χ3v) is 22.3. The molecule has 7 aliphatic rings. The minimum absolute atomic E-state index is 0.0183. The Balaban J connectivity index is 1.03. The number of rotatable bonds is 5. The fourth-order valence-electron chi connectivity index (χ4n) is 17.2. The maximum absolute atomic E-state index is 2.89. The topological polar surface area (TPSA) is 9.72 Å². The van der Waals surface area contributed by atoms with E-state index in [2.05, 4.69) is 256 Å². The number of benzene rings is 8. The second-order valence-corrected chi connectivity index (χ2v) is 28.9. The lowest BCUT2D eigenvalue weighted by Crippen LogP contribution is -2.64. The fourth-order valence-corrected chi connectivity index (χ4v) is 17.2. The highest BCUT2D eigenvalue weighted by Crippen LogP contribution is 2.63. The minimum Gasteiger partial charge on any atom is -0.335 e. The first-order chi connectivity index (χ1) is 37.6. The molecular formula is C75H78BN3. The lowest BCUT2D eigenvalue weighted by Gasteiger charge is -2.53. The summed E-state index contributed by atoms with van der Waals surface area (Å²) in [6, 6.07) is 63.0. The van der Waals surface area contributed by atoms with Crippen LogP contribution >= 0.6 is 0 Å². The summed E-state index contributed by atoms with van der Waals surface area (Å²) in [4.78, 5) is 8.23. The third-order valence-electron chi connectivity index (χ3n) is 22.3. The van der Waals surface area contributed by atoms with E-state index in [1.54, 1.807) is 0 Å². The molecule has 0 aromatic heterocycles. The number of fused-ring (bicyclic) bond motifs is 12. The van der Waals surface area contributed by atoms with Gasteiger partial charge in [0.05, 0.1) is 5.54 Å². The van der Waals surface area contributed by atoms with Crippen molar-refractivity contribution in [1.29, 1.82) is 0 Å². The molecule has 0 N–H and O–H groups in total. The second-order valence-electron chi connectivity index (χ2n) is 28.9. The molecule has 8 aromatic rings. The maximum Gasteiger partial charge on any atom is 0.252 e. The van der Waals surface area contributed by atoms with Crippen molar-refractivity contribution < 1.29 is 0 Å². The van der Waals surface area contributed by atoms with E-state index in [9.17, 15) is 0 Å². The van der Waals surface area contributed by atoms with E-state index in [1.807, 2.05) is 0 Å². The van der Waals surface area contributed by atoms with E-state index in [0.29, 0.717) is 0 Å². The third kappa shape index (κ3) is 6.67. The van der Waals surface area contributed by atoms with E-state index in [1.165, 1.54) is 174 Å². The zero-order valence-corrected chi connectivity index (χ0v) is 49.1. The molecule has 0 amide bonds. The molecule has 4 aliphatic carbocycles. The number of anilines is 8. The summed E-state index contributed by atoms with van der Waals surface area (Å²) >= 11 is 0. The highest BCUT2D eigenvalue weighted by molar-refractivity contribution is 7.00. The molecular weight excluding hydrogens is 954 g/mol. The van der Waals surface area contributed by atoms with Crippen LogP contribution in [0.25, 0.3) is 22.3 Å². The van der Waals surface area contributed by atoms with Crippen LogP contribution in [-0.4, -0.2) is 12.3 Å². The number of para-hydroxylation sites is 1. The van der Waals surface area contributed by atoms with Crippen molar-refractivity contribution in [2.45, 2.75) is 172 Å². The molecule has 2 unspecified atom stereocenters. The van der Waals surface area contributed by atoms with Crippen LogP contribution in [0.15, 0.2) is 158 Å². The minimum atomic E-state index is -0.165. The monoisotopic (exact) mass is 1030 g/mol. The number of hydrogen-bond donors (Lipinski definition) is 0. The van der Waals surface area contributed by atoms with E-state index < -0.39 is 0 Å². The molecule has 0 spiro atoms. The largest absolute Gasteiger partial charge is 0.335 e. The van der Waals surface area contributed by atoms with Crippen molar-refractivity contribution >= 4 is 68.6 Å². The SMILES string of the molecule is CC1(C)CCC(C)(C)c2cc(N(c3ccc4c(c3)N(c3ccc5c(c3)C(C)(C)c3ccccc3-5)c3cc(-c5ccccc5)cc5c3B4c3cccc4c3N5C3(C)CCCCC43C)c3ccc4c(c3)C(C)(C)CCC4(C)C)ccc21.